The van der Waals surface area contributed by atoms with E-state index in [4.69, 9.17) is 4.74 Å². The number of halogens is 1. The van der Waals surface area contributed by atoms with E-state index in [9.17, 15) is 0 Å². The minimum Gasteiger partial charge on any atom is -0.487 e. The summed E-state index contributed by atoms with van der Waals surface area (Å²) in [5, 5.41) is 4.49. The minimum atomic E-state index is 0.127. The molecule has 0 fully saturated rings. The number of aryl methyl sites for hydroxylation is 2. The van der Waals surface area contributed by atoms with Crippen LogP contribution in [-0.4, -0.2) is 9.78 Å². The fourth-order valence-corrected chi connectivity index (χ4v) is 2.91. The molecule has 114 valence electrons. The van der Waals surface area contributed by atoms with Crippen molar-refractivity contribution >= 4 is 15.9 Å². The van der Waals surface area contributed by atoms with E-state index in [-0.39, 0.29) is 5.41 Å². The van der Waals surface area contributed by atoms with Gasteiger partial charge in [-0.3, -0.25) is 4.68 Å². The molecule has 0 unspecified atom stereocenters. The van der Waals surface area contributed by atoms with Crippen molar-refractivity contribution in [2.75, 3.05) is 0 Å². The fourth-order valence-electron chi connectivity index (χ4n) is 2.18. The zero-order chi connectivity index (χ0) is 15.6. The number of nitrogens with zero attached hydrogens (tertiary/aromatic N) is 2. The maximum absolute atomic E-state index is 5.96. The van der Waals surface area contributed by atoms with Gasteiger partial charge in [-0.15, -0.1) is 0 Å². The number of ether oxygens (including phenoxy) is 1. The smallest absolute Gasteiger partial charge is 0.131 e. The van der Waals surface area contributed by atoms with Crippen LogP contribution in [0.2, 0.25) is 0 Å². The number of benzene rings is 1. The Morgan fingerprint density at radius 1 is 1.29 bits per heavy atom. The molecule has 0 radical (unpaired) electrons. The summed E-state index contributed by atoms with van der Waals surface area (Å²) < 4.78 is 8.90. The number of aromatic nitrogens is 2. The standard InChI is InChI=1S/C17H23BrN2O/c1-6-14-16(18)15(20(5)19-14)11-21-13-9-7-8-12(10-13)17(2,3)4/h7-10H,6,11H2,1-5H3. The molecule has 0 atom stereocenters. The van der Waals surface area contributed by atoms with Crippen molar-refractivity contribution in [3.63, 3.8) is 0 Å². The van der Waals surface area contributed by atoms with Crippen LogP contribution in [0.5, 0.6) is 5.75 Å². The lowest BCUT2D eigenvalue weighted by Crippen LogP contribution is -2.11. The van der Waals surface area contributed by atoms with Gasteiger partial charge >= 0.3 is 0 Å². The molecule has 1 heterocycles. The summed E-state index contributed by atoms with van der Waals surface area (Å²) in [5.74, 6) is 0.897. The Kier molecular flexibility index (Phi) is 4.77. The van der Waals surface area contributed by atoms with E-state index in [2.05, 4.69) is 60.9 Å². The fraction of sp³-hybridized carbons (Fsp3) is 0.471. The first kappa shape index (κ1) is 16.1. The number of rotatable bonds is 4. The van der Waals surface area contributed by atoms with E-state index in [0.717, 1.165) is 28.0 Å². The molecule has 4 heteroatoms. The second-order valence-electron chi connectivity index (χ2n) is 6.25. The molecule has 0 saturated carbocycles. The van der Waals surface area contributed by atoms with Crippen LogP contribution in [0.3, 0.4) is 0 Å². The normalized spacial score (nSPS) is 11.7. The summed E-state index contributed by atoms with van der Waals surface area (Å²) in [6, 6.07) is 8.30. The van der Waals surface area contributed by atoms with Gasteiger partial charge in [0.2, 0.25) is 0 Å². The van der Waals surface area contributed by atoms with Gasteiger partial charge in [0, 0.05) is 7.05 Å². The van der Waals surface area contributed by atoms with E-state index >= 15 is 0 Å². The first-order valence-corrected chi connectivity index (χ1v) is 8.05. The molecule has 3 nitrogen and oxygen atoms in total. The van der Waals surface area contributed by atoms with E-state index in [1.165, 1.54) is 5.56 Å². The van der Waals surface area contributed by atoms with E-state index < -0.39 is 0 Å². The number of hydrogen-bond donors (Lipinski definition) is 0. The molecular weight excluding hydrogens is 328 g/mol. The SMILES string of the molecule is CCc1nn(C)c(COc2cccc(C(C)(C)C)c2)c1Br. The van der Waals surface area contributed by atoms with Crippen molar-refractivity contribution in [3.05, 3.63) is 45.7 Å². The van der Waals surface area contributed by atoms with Crippen molar-refractivity contribution < 1.29 is 4.74 Å². The molecule has 0 saturated heterocycles. The van der Waals surface area contributed by atoms with Gasteiger partial charge in [-0.2, -0.15) is 5.10 Å². The van der Waals surface area contributed by atoms with Crippen molar-refractivity contribution in [3.8, 4) is 5.75 Å². The minimum absolute atomic E-state index is 0.127. The van der Waals surface area contributed by atoms with Crippen LogP contribution in [0, 0.1) is 0 Å². The number of hydrogen-bond acceptors (Lipinski definition) is 2. The largest absolute Gasteiger partial charge is 0.487 e. The Hall–Kier alpha value is -1.29. The first-order valence-electron chi connectivity index (χ1n) is 7.26. The highest BCUT2D eigenvalue weighted by Crippen LogP contribution is 2.27. The summed E-state index contributed by atoms with van der Waals surface area (Å²) in [6.45, 7) is 9.23. The average molecular weight is 351 g/mol. The molecule has 0 amide bonds. The molecule has 1 aromatic carbocycles. The molecule has 2 rings (SSSR count). The summed E-state index contributed by atoms with van der Waals surface area (Å²) in [6.07, 6.45) is 0.911. The van der Waals surface area contributed by atoms with Gasteiger partial charge in [0.05, 0.1) is 15.9 Å². The zero-order valence-corrected chi connectivity index (χ0v) is 15.0. The van der Waals surface area contributed by atoms with Gasteiger partial charge in [-0.1, -0.05) is 39.8 Å². The third kappa shape index (κ3) is 3.67. The first-order chi connectivity index (χ1) is 9.82. The van der Waals surface area contributed by atoms with Crippen LogP contribution in [0.4, 0.5) is 0 Å². The molecule has 0 aliphatic carbocycles. The second-order valence-corrected chi connectivity index (χ2v) is 7.04. The lowest BCUT2D eigenvalue weighted by Gasteiger charge is -2.19. The third-order valence-corrected chi connectivity index (χ3v) is 4.49. The maximum Gasteiger partial charge on any atom is 0.131 e. The Morgan fingerprint density at radius 3 is 2.57 bits per heavy atom. The van der Waals surface area contributed by atoms with Crippen molar-refractivity contribution in [2.45, 2.75) is 46.1 Å². The second kappa shape index (κ2) is 6.22. The Labute approximate surface area is 135 Å². The molecule has 0 bridgehead atoms. The van der Waals surface area contributed by atoms with Gasteiger partial charge in [0.1, 0.15) is 12.4 Å². The molecular formula is C17H23BrN2O. The predicted octanol–water partition coefficient (Wildman–Crippen LogP) is 4.62. The molecule has 21 heavy (non-hydrogen) atoms. The van der Waals surface area contributed by atoms with Crippen LogP contribution >= 0.6 is 15.9 Å². The molecule has 0 aliphatic heterocycles. The maximum atomic E-state index is 5.96. The lowest BCUT2D eigenvalue weighted by atomic mass is 9.87. The predicted molar refractivity (Wildman–Crippen MR) is 89.8 cm³/mol. The van der Waals surface area contributed by atoms with E-state index in [0.29, 0.717) is 6.61 Å². The molecule has 2 aromatic rings. The quantitative estimate of drug-likeness (QED) is 0.804. The van der Waals surface area contributed by atoms with E-state index in [1.54, 1.807) is 0 Å². The van der Waals surface area contributed by atoms with Crippen LogP contribution in [0.1, 0.15) is 44.6 Å². The Balaban J connectivity index is 2.16. The summed E-state index contributed by atoms with van der Waals surface area (Å²) in [5.41, 5.74) is 3.54. The van der Waals surface area contributed by atoms with Crippen LogP contribution in [0.15, 0.2) is 28.7 Å². The molecule has 0 spiro atoms. The monoisotopic (exact) mass is 350 g/mol. The van der Waals surface area contributed by atoms with Gasteiger partial charge < -0.3 is 4.74 Å². The van der Waals surface area contributed by atoms with Gasteiger partial charge in [0.15, 0.2) is 0 Å². The van der Waals surface area contributed by atoms with Crippen molar-refractivity contribution in [2.24, 2.45) is 7.05 Å². The van der Waals surface area contributed by atoms with Crippen LogP contribution in [0.25, 0.3) is 0 Å². The third-order valence-electron chi connectivity index (χ3n) is 3.58. The Bertz CT molecular complexity index is 626. The van der Waals surface area contributed by atoms with Gasteiger partial charge in [0.25, 0.3) is 0 Å². The average Bonchev–Trinajstić information content (AvgIpc) is 2.70. The summed E-state index contributed by atoms with van der Waals surface area (Å²) in [7, 11) is 1.95. The van der Waals surface area contributed by atoms with Crippen molar-refractivity contribution in [1.82, 2.24) is 9.78 Å². The van der Waals surface area contributed by atoms with E-state index in [1.807, 2.05) is 23.9 Å². The molecule has 0 aliphatic rings. The summed E-state index contributed by atoms with van der Waals surface area (Å²) >= 11 is 3.62. The summed E-state index contributed by atoms with van der Waals surface area (Å²) in [4.78, 5) is 0. The van der Waals surface area contributed by atoms with Crippen molar-refractivity contribution in [1.29, 1.82) is 0 Å². The molecule has 0 N–H and O–H groups in total. The van der Waals surface area contributed by atoms with Gasteiger partial charge in [-0.05, 0) is 45.5 Å². The van der Waals surface area contributed by atoms with Crippen LogP contribution in [-0.2, 0) is 25.5 Å². The Morgan fingerprint density at radius 2 is 2.00 bits per heavy atom. The lowest BCUT2D eigenvalue weighted by molar-refractivity contribution is 0.293. The van der Waals surface area contributed by atoms with Crippen LogP contribution < -0.4 is 4.74 Å². The zero-order valence-electron chi connectivity index (χ0n) is 13.4. The highest BCUT2D eigenvalue weighted by molar-refractivity contribution is 9.10. The highest BCUT2D eigenvalue weighted by Gasteiger charge is 2.15. The topological polar surface area (TPSA) is 27.1 Å². The molecule has 1 aromatic heterocycles. The highest BCUT2D eigenvalue weighted by atomic mass is 79.9. The van der Waals surface area contributed by atoms with Gasteiger partial charge in [-0.25, -0.2) is 0 Å².